The second-order valence-electron chi connectivity index (χ2n) is 15.8. The highest BCUT2D eigenvalue weighted by atomic mass is 15.0. The summed E-state index contributed by atoms with van der Waals surface area (Å²) in [5.74, 6) is 1.85. The molecule has 1 aliphatic carbocycles. The van der Waals surface area contributed by atoms with E-state index in [4.69, 9.17) is 15.0 Å². The Kier molecular flexibility index (Phi) is 8.19. The van der Waals surface area contributed by atoms with E-state index in [1.54, 1.807) is 0 Å². The van der Waals surface area contributed by atoms with E-state index in [-0.39, 0.29) is 0 Å². The molecule has 11 aromatic rings. The zero-order chi connectivity index (χ0) is 41.1. The maximum atomic E-state index is 9.69. The lowest BCUT2D eigenvalue weighted by molar-refractivity contribution is 1.08. The standard InChI is InChI=1S/C58H34N4/c59-35-36-26-28-38(29-27-36)42-30-31-49-43-20-7-8-21-44(43)50-32-33-51(53(42)54(49)50)52-45-22-9-11-24-47(45)55(48-25-12-10-23-46(48)52)58-61-56(39-16-5-2-6-17-39)60-57(62-58)41-19-13-18-40(34-41)37-14-3-1-4-15-37/h1-34H. The molecular weight excluding hydrogens is 753 g/mol. The molecule has 12 rings (SSSR count). The number of benzene rings is 10. The molecule has 10 aromatic carbocycles. The van der Waals surface area contributed by atoms with Crippen LogP contribution in [0.15, 0.2) is 206 Å². The summed E-state index contributed by atoms with van der Waals surface area (Å²) < 4.78 is 0. The van der Waals surface area contributed by atoms with Gasteiger partial charge in [-0.2, -0.15) is 5.26 Å². The Morgan fingerprint density at radius 3 is 1.35 bits per heavy atom. The molecule has 0 atom stereocenters. The average molecular weight is 787 g/mol. The van der Waals surface area contributed by atoms with Crippen molar-refractivity contribution in [2.45, 2.75) is 0 Å². The molecule has 0 aliphatic heterocycles. The Hall–Kier alpha value is -8.52. The number of aromatic nitrogens is 3. The van der Waals surface area contributed by atoms with Gasteiger partial charge in [0.25, 0.3) is 0 Å². The highest BCUT2D eigenvalue weighted by Gasteiger charge is 2.27. The Bertz CT molecular complexity index is 3540. The molecule has 62 heavy (non-hydrogen) atoms. The van der Waals surface area contributed by atoms with Gasteiger partial charge >= 0.3 is 0 Å². The Morgan fingerprint density at radius 2 is 0.742 bits per heavy atom. The number of hydrogen-bond donors (Lipinski definition) is 0. The summed E-state index contributed by atoms with van der Waals surface area (Å²) >= 11 is 0. The van der Waals surface area contributed by atoms with Crippen molar-refractivity contribution in [3.63, 3.8) is 0 Å². The van der Waals surface area contributed by atoms with Gasteiger partial charge in [-0.25, -0.2) is 15.0 Å². The number of hydrogen-bond acceptors (Lipinski definition) is 4. The third kappa shape index (κ3) is 5.64. The van der Waals surface area contributed by atoms with Crippen LogP contribution in [0.4, 0.5) is 0 Å². The molecule has 0 fully saturated rings. The lowest BCUT2D eigenvalue weighted by Crippen LogP contribution is -2.02. The highest BCUT2D eigenvalue weighted by Crippen LogP contribution is 2.54. The number of nitrogens with zero attached hydrogens (tertiary/aromatic N) is 4. The van der Waals surface area contributed by atoms with Gasteiger partial charge in [0.05, 0.1) is 11.6 Å². The van der Waals surface area contributed by atoms with Gasteiger partial charge in [0.15, 0.2) is 17.5 Å². The molecule has 0 saturated heterocycles. The van der Waals surface area contributed by atoms with Crippen LogP contribution in [0, 0.1) is 11.3 Å². The first-order chi connectivity index (χ1) is 30.7. The molecule has 0 amide bonds. The van der Waals surface area contributed by atoms with Crippen LogP contribution in [0.5, 0.6) is 0 Å². The van der Waals surface area contributed by atoms with Crippen molar-refractivity contribution < 1.29 is 0 Å². The second-order valence-corrected chi connectivity index (χ2v) is 15.8. The summed E-state index contributed by atoms with van der Waals surface area (Å²) in [4.78, 5) is 15.8. The maximum Gasteiger partial charge on any atom is 0.165 e. The van der Waals surface area contributed by atoms with Gasteiger partial charge in [0.2, 0.25) is 0 Å². The van der Waals surface area contributed by atoms with Crippen molar-refractivity contribution in [2.24, 2.45) is 0 Å². The van der Waals surface area contributed by atoms with Crippen LogP contribution in [-0.4, -0.2) is 15.0 Å². The van der Waals surface area contributed by atoms with Crippen LogP contribution in [0.1, 0.15) is 5.56 Å². The van der Waals surface area contributed by atoms with Gasteiger partial charge in [-0.05, 0) is 106 Å². The first-order valence-corrected chi connectivity index (χ1v) is 20.8. The van der Waals surface area contributed by atoms with E-state index < -0.39 is 0 Å². The summed E-state index contributed by atoms with van der Waals surface area (Å²) in [6.07, 6.45) is 0. The van der Waals surface area contributed by atoms with Gasteiger partial charge in [0, 0.05) is 16.7 Å². The Morgan fingerprint density at radius 1 is 0.290 bits per heavy atom. The summed E-state index contributed by atoms with van der Waals surface area (Å²) in [5.41, 5.74) is 15.1. The van der Waals surface area contributed by atoms with E-state index in [1.165, 1.54) is 33.0 Å². The fourth-order valence-electron chi connectivity index (χ4n) is 9.53. The number of fused-ring (bicyclic) bond motifs is 5. The zero-order valence-electron chi connectivity index (χ0n) is 33.4. The molecule has 4 nitrogen and oxygen atoms in total. The summed E-state index contributed by atoms with van der Waals surface area (Å²) in [7, 11) is 0. The van der Waals surface area contributed by atoms with Gasteiger partial charge in [-0.15, -0.1) is 0 Å². The first-order valence-electron chi connectivity index (χ1n) is 20.8. The molecule has 0 saturated carbocycles. The average Bonchev–Trinajstić information content (AvgIpc) is 3.68. The van der Waals surface area contributed by atoms with E-state index in [9.17, 15) is 5.26 Å². The van der Waals surface area contributed by atoms with Crippen molar-refractivity contribution in [2.75, 3.05) is 0 Å². The predicted octanol–water partition coefficient (Wildman–Crippen LogP) is 14.9. The van der Waals surface area contributed by atoms with Crippen LogP contribution >= 0.6 is 0 Å². The summed E-state index contributed by atoms with van der Waals surface area (Å²) in [6, 6.07) is 74.6. The fourth-order valence-corrected chi connectivity index (χ4v) is 9.53. The third-order valence-electron chi connectivity index (χ3n) is 12.3. The molecule has 0 spiro atoms. The number of nitriles is 1. The van der Waals surface area contributed by atoms with Crippen molar-refractivity contribution in [1.29, 1.82) is 5.26 Å². The predicted molar refractivity (Wildman–Crippen MR) is 254 cm³/mol. The SMILES string of the molecule is N#Cc1ccc(-c2ccc3c4c(ccc(-c5c6ccccc6c(-c6nc(-c7ccccc7)nc(-c7cccc(-c8ccccc8)c7)n6)c6ccccc56)c24)-c2ccccc2-3)cc1. The van der Waals surface area contributed by atoms with Gasteiger partial charge in [-0.3, -0.25) is 0 Å². The minimum atomic E-state index is 0.614. The Labute approximate surface area is 358 Å². The van der Waals surface area contributed by atoms with Crippen molar-refractivity contribution in [1.82, 2.24) is 15.0 Å². The molecule has 0 unspecified atom stereocenters. The van der Waals surface area contributed by atoms with E-state index in [1.807, 2.05) is 36.4 Å². The van der Waals surface area contributed by atoms with E-state index in [2.05, 4.69) is 176 Å². The molecule has 1 heterocycles. The molecular formula is C58H34N4. The second kappa shape index (κ2) is 14.3. The fraction of sp³-hybridized carbons (Fsp3) is 0. The summed E-state index contributed by atoms with van der Waals surface area (Å²) in [6.45, 7) is 0. The van der Waals surface area contributed by atoms with Crippen molar-refractivity contribution >= 4 is 32.3 Å². The lowest BCUT2D eigenvalue weighted by Gasteiger charge is -2.20. The van der Waals surface area contributed by atoms with E-state index in [0.29, 0.717) is 23.0 Å². The monoisotopic (exact) mass is 786 g/mol. The van der Waals surface area contributed by atoms with Crippen LogP contribution in [0.2, 0.25) is 0 Å². The largest absolute Gasteiger partial charge is 0.208 e. The first kappa shape index (κ1) is 35.4. The molecule has 0 N–H and O–H groups in total. The van der Waals surface area contributed by atoms with Crippen LogP contribution in [-0.2, 0) is 0 Å². The molecule has 286 valence electrons. The van der Waals surface area contributed by atoms with Crippen LogP contribution in [0.3, 0.4) is 0 Å². The van der Waals surface area contributed by atoms with Gasteiger partial charge < -0.3 is 0 Å². The topological polar surface area (TPSA) is 62.5 Å². The third-order valence-corrected chi connectivity index (χ3v) is 12.3. The normalized spacial score (nSPS) is 11.5. The van der Waals surface area contributed by atoms with Gasteiger partial charge in [-0.1, -0.05) is 188 Å². The Balaban J connectivity index is 1.15. The molecule has 4 heteroatoms. The van der Waals surface area contributed by atoms with Crippen LogP contribution < -0.4 is 0 Å². The smallest absolute Gasteiger partial charge is 0.165 e. The highest BCUT2D eigenvalue weighted by molar-refractivity contribution is 6.28. The summed E-state index contributed by atoms with van der Waals surface area (Å²) in [5, 5.41) is 16.5. The van der Waals surface area contributed by atoms with E-state index >= 15 is 0 Å². The quantitative estimate of drug-likeness (QED) is 0.158. The molecule has 1 aliphatic rings. The lowest BCUT2D eigenvalue weighted by atomic mass is 9.83. The maximum absolute atomic E-state index is 9.69. The van der Waals surface area contributed by atoms with Crippen LogP contribution in [0.25, 0.3) is 122 Å². The zero-order valence-corrected chi connectivity index (χ0v) is 33.4. The number of rotatable bonds is 6. The van der Waals surface area contributed by atoms with E-state index in [0.717, 1.165) is 71.6 Å². The molecule has 1 aromatic heterocycles. The minimum Gasteiger partial charge on any atom is -0.208 e. The molecule has 0 bridgehead atoms. The van der Waals surface area contributed by atoms with Gasteiger partial charge in [0.1, 0.15) is 0 Å². The molecule has 0 radical (unpaired) electrons. The van der Waals surface area contributed by atoms with Crippen molar-refractivity contribution in [3.05, 3.63) is 212 Å². The van der Waals surface area contributed by atoms with Crippen molar-refractivity contribution in [3.8, 4) is 95.9 Å². The minimum absolute atomic E-state index is 0.614.